The van der Waals surface area contributed by atoms with Gasteiger partial charge in [0, 0.05) is 10.1 Å². The summed E-state index contributed by atoms with van der Waals surface area (Å²) in [5.74, 6) is 0.910. The number of nitrogens with zero attached hydrogens (tertiary/aromatic N) is 1. The molecule has 0 saturated heterocycles. The van der Waals surface area contributed by atoms with Gasteiger partial charge in [-0.1, -0.05) is 65.9 Å². The molecule has 0 fully saturated rings. The van der Waals surface area contributed by atoms with Crippen LogP contribution in [0.4, 0.5) is 0 Å². The first-order valence-corrected chi connectivity index (χ1v) is 9.50. The van der Waals surface area contributed by atoms with Crippen LogP contribution in [0.1, 0.15) is 5.56 Å². The highest BCUT2D eigenvalue weighted by Gasteiger charge is 2.26. The Morgan fingerprint density at radius 3 is 2.46 bits per heavy atom. The van der Waals surface area contributed by atoms with Crippen molar-refractivity contribution in [1.29, 1.82) is 0 Å². The molecule has 0 aliphatic heterocycles. The van der Waals surface area contributed by atoms with Crippen LogP contribution < -0.4 is 4.57 Å². The molecule has 2 heterocycles. The second-order valence-corrected chi connectivity index (χ2v) is 7.63. The first-order chi connectivity index (χ1) is 12.7. The molecule has 2 nitrogen and oxygen atoms in total. The monoisotopic (exact) mass is 356 g/mol. The maximum absolute atomic E-state index is 6.38. The van der Waals surface area contributed by atoms with E-state index in [0.29, 0.717) is 0 Å². The third kappa shape index (κ3) is 2.28. The summed E-state index contributed by atoms with van der Waals surface area (Å²) in [4.78, 5) is 1.17. The summed E-state index contributed by atoms with van der Waals surface area (Å²) in [6.45, 7) is 2.14. The van der Waals surface area contributed by atoms with Crippen molar-refractivity contribution in [2.45, 2.75) is 6.92 Å². The number of hydrogen-bond acceptors (Lipinski definition) is 2. The van der Waals surface area contributed by atoms with Gasteiger partial charge in [-0.3, -0.25) is 0 Å². The Hall–Kier alpha value is -2.91. The van der Waals surface area contributed by atoms with Crippen LogP contribution in [0.25, 0.3) is 43.1 Å². The summed E-state index contributed by atoms with van der Waals surface area (Å²) in [7, 11) is 2.09. The Balaban J connectivity index is 1.74. The predicted molar refractivity (Wildman–Crippen MR) is 108 cm³/mol. The van der Waals surface area contributed by atoms with Gasteiger partial charge in [0.15, 0.2) is 0 Å². The maximum atomic E-state index is 6.38. The molecular weight excluding hydrogens is 338 g/mol. The lowest BCUT2D eigenvalue weighted by molar-refractivity contribution is -0.635. The lowest BCUT2D eigenvalue weighted by atomic mass is 10.00. The van der Waals surface area contributed by atoms with E-state index in [4.69, 9.17) is 4.42 Å². The topological polar surface area (TPSA) is 17.0 Å². The van der Waals surface area contributed by atoms with Crippen LogP contribution in [0.2, 0.25) is 0 Å². The van der Waals surface area contributed by atoms with Gasteiger partial charge in [-0.2, -0.15) is 0 Å². The van der Waals surface area contributed by atoms with Crippen LogP contribution in [0, 0.1) is 6.92 Å². The van der Waals surface area contributed by atoms with Crippen molar-refractivity contribution in [3.63, 3.8) is 0 Å². The Kier molecular flexibility index (Phi) is 3.44. The van der Waals surface area contributed by atoms with Gasteiger partial charge in [0.1, 0.15) is 7.05 Å². The van der Waals surface area contributed by atoms with Gasteiger partial charge >= 0.3 is 10.7 Å². The van der Waals surface area contributed by atoms with E-state index in [1.807, 2.05) is 6.07 Å². The third-order valence-corrected chi connectivity index (χ3v) is 6.14. The summed E-state index contributed by atoms with van der Waals surface area (Å²) >= 11 is 1.78. The fourth-order valence-corrected chi connectivity index (χ4v) is 4.57. The summed E-state index contributed by atoms with van der Waals surface area (Å²) in [5.41, 5.74) is 5.76. The molecule has 5 rings (SSSR count). The van der Waals surface area contributed by atoms with Crippen LogP contribution in [0.15, 0.2) is 77.2 Å². The van der Waals surface area contributed by atoms with Crippen molar-refractivity contribution in [3.8, 4) is 22.6 Å². The van der Waals surface area contributed by atoms with Crippen molar-refractivity contribution >= 4 is 31.8 Å². The number of oxazole rings is 1. The maximum Gasteiger partial charge on any atom is 0.382 e. The minimum atomic E-state index is 0.910. The van der Waals surface area contributed by atoms with Crippen molar-refractivity contribution in [3.05, 3.63) is 78.4 Å². The highest BCUT2D eigenvalue weighted by Crippen LogP contribution is 2.36. The summed E-state index contributed by atoms with van der Waals surface area (Å²) < 4.78 is 9.82. The smallest absolute Gasteiger partial charge is 0.382 e. The Morgan fingerprint density at radius 2 is 1.62 bits per heavy atom. The first-order valence-electron chi connectivity index (χ1n) is 8.69. The van der Waals surface area contributed by atoms with E-state index in [0.717, 1.165) is 17.0 Å². The number of fused-ring (bicyclic) bond motifs is 3. The van der Waals surface area contributed by atoms with E-state index in [-0.39, 0.29) is 0 Å². The zero-order valence-corrected chi connectivity index (χ0v) is 15.5. The van der Waals surface area contributed by atoms with Crippen LogP contribution in [0.3, 0.4) is 0 Å². The van der Waals surface area contributed by atoms with Gasteiger partial charge in [0.05, 0.1) is 5.56 Å². The van der Waals surface area contributed by atoms with Gasteiger partial charge in [-0.05, 0) is 41.8 Å². The minimum absolute atomic E-state index is 0.910. The van der Waals surface area contributed by atoms with Crippen molar-refractivity contribution in [2.75, 3.05) is 0 Å². The zero-order chi connectivity index (χ0) is 17.7. The van der Waals surface area contributed by atoms with Gasteiger partial charge in [0.2, 0.25) is 5.58 Å². The summed E-state index contributed by atoms with van der Waals surface area (Å²) in [5, 5.41) is 1.19. The van der Waals surface area contributed by atoms with E-state index < -0.39 is 0 Å². The van der Waals surface area contributed by atoms with Crippen molar-refractivity contribution < 1.29 is 8.98 Å². The van der Waals surface area contributed by atoms with Gasteiger partial charge in [-0.25, -0.2) is 0 Å². The van der Waals surface area contributed by atoms with Crippen molar-refractivity contribution in [1.82, 2.24) is 0 Å². The number of rotatable bonds is 2. The van der Waals surface area contributed by atoms with Crippen molar-refractivity contribution in [2.24, 2.45) is 7.05 Å². The zero-order valence-electron chi connectivity index (χ0n) is 14.7. The molecule has 3 heteroatoms. The number of aromatic nitrogens is 1. The number of thiophene rings is 1. The van der Waals surface area contributed by atoms with E-state index in [2.05, 4.69) is 85.3 Å². The molecular formula is C23H18NOS+. The third-order valence-electron chi connectivity index (χ3n) is 4.92. The quantitative estimate of drug-likeness (QED) is 0.349. The number of aryl methyl sites for hydroxylation is 2. The molecule has 0 saturated carbocycles. The Morgan fingerprint density at radius 1 is 0.846 bits per heavy atom. The number of benzene rings is 3. The predicted octanol–water partition coefficient (Wildman–Crippen LogP) is 6.11. The van der Waals surface area contributed by atoms with Crippen LogP contribution in [-0.2, 0) is 7.05 Å². The van der Waals surface area contributed by atoms with Gasteiger partial charge in [-0.15, -0.1) is 4.57 Å². The average Bonchev–Trinajstić information content (AvgIpc) is 3.20. The summed E-state index contributed by atoms with van der Waals surface area (Å²) in [6.07, 6.45) is 0. The first kappa shape index (κ1) is 15.4. The average molecular weight is 356 g/mol. The van der Waals surface area contributed by atoms with Crippen LogP contribution >= 0.6 is 11.3 Å². The van der Waals surface area contributed by atoms with Crippen LogP contribution in [0.5, 0.6) is 0 Å². The molecule has 3 aromatic carbocycles. The van der Waals surface area contributed by atoms with Gasteiger partial charge in [0.25, 0.3) is 0 Å². The van der Waals surface area contributed by atoms with E-state index in [1.54, 1.807) is 11.3 Å². The fourth-order valence-electron chi connectivity index (χ4n) is 3.48. The van der Waals surface area contributed by atoms with Crippen LogP contribution in [-0.4, -0.2) is 0 Å². The summed E-state index contributed by atoms with van der Waals surface area (Å²) in [6, 6.07) is 25.5. The molecule has 126 valence electrons. The highest BCUT2D eigenvalue weighted by atomic mass is 32.1. The fraction of sp³-hybridized carbons (Fsp3) is 0.0870. The van der Waals surface area contributed by atoms with Gasteiger partial charge < -0.3 is 4.42 Å². The second-order valence-electron chi connectivity index (χ2n) is 6.59. The Bertz CT molecular complexity index is 1250. The molecule has 0 bridgehead atoms. The standard InChI is InChI=1S/C23H18NOS/c1-15-12-13-17(16-8-4-3-5-9-16)14-19(15)22-24(2)23-21(25-22)18-10-6-7-11-20(18)26-23/h3-14H,1-2H3/q+1. The normalized spacial score (nSPS) is 11.5. The minimum Gasteiger partial charge on any atom is -0.396 e. The lowest BCUT2D eigenvalue weighted by Gasteiger charge is -2.05. The highest BCUT2D eigenvalue weighted by molar-refractivity contribution is 7.25. The molecule has 0 unspecified atom stereocenters. The Labute approximate surface area is 156 Å². The molecule has 0 amide bonds. The largest absolute Gasteiger partial charge is 0.396 e. The SMILES string of the molecule is Cc1ccc(-c2ccccc2)cc1-c1oc2c3ccccc3sc2[n+]1C. The molecule has 26 heavy (non-hydrogen) atoms. The number of hydrogen-bond donors (Lipinski definition) is 0. The molecule has 0 N–H and O–H groups in total. The molecule has 0 radical (unpaired) electrons. The van der Waals surface area contributed by atoms with E-state index in [1.165, 1.54) is 31.6 Å². The molecule has 0 spiro atoms. The lowest BCUT2D eigenvalue weighted by Crippen LogP contribution is -2.28. The molecule has 0 atom stereocenters. The molecule has 0 aliphatic rings. The molecule has 0 aliphatic carbocycles. The molecule has 2 aromatic heterocycles. The van der Waals surface area contributed by atoms with E-state index >= 15 is 0 Å². The molecule has 5 aromatic rings. The second kappa shape index (κ2) is 5.82. The van der Waals surface area contributed by atoms with E-state index in [9.17, 15) is 0 Å².